The summed E-state index contributed by atoms with van der Waals surface area (Å²) in [4.78, 5) is 22.9. The van der Waals surface area contributed by atoms with E-state index in [9.17, 15) is 14.7 Å². The molecule has 2 heterocycles. The van der Waals surface area contributed by atoms with Crippen LogP contribution >= 0.6 is 0 Å². The van der Waals surface area contributed by atoms with E-state index >= 15 is 0 Å². The molecule has 1 N–H and O–H groups in total. The normalized spacial score (nSPS) is 28.1. The first-order valence-corrected chi connectivity index (χ1v) is 5.53. The van der Waals surface area contributed by atoms with Gasteiger partial charge in [-0.3, -0.25) is 0 Å². The van der Waals surface area contributed by atoms with E-state index in [2.05, 4.69) is 0 Å². The van der Waals surface area contributed by atoms with Crippen LogP contribution in [0.5, 0.6) is 5.75 Å². The first kappa shape index (κ1) is 10.8. The maximum Gasteiger partial charge on any atom is 0.348 e. The van der Waals surface area contributed by atoms with Crippen molar-refractivity contribution in [3.63, 3.8) is 0 Å². The fraction of sp³-hybridized carbons (Fsp3) is 0.231. The summed E-state index contributed by atoms with van der Waals surface area (Å²) < 4.78 is 9.82. The smallest absolute Gasteiger partial charge is 0.348 e. The first-order chi connectivity index (χ1) is 8.65. The second kappa shape index (κ2) is 3.87. The van der Waals surface area contributed by atoms with Crippen molar-refractivity contribution < 1.29 is 24.2 Å². The van der Waals surface area contributed by atoms with Gasteiger partial charge in [0.25, 0.3) is 0 Å². The number of hydrogen-bond acceptors (Lipinski definition) is 5. The number of fused-ring (bicyclic) bond motifs is 1. The van der Waals surface area contributed by atoms with Gasteiger partial charge in [-0.2, -0.15) is 0 Å². The van der Waals surface area contributed by atoms with Gasteiger partial charge in [-0.25, -0.2) is 9.59 Å². The van der Waals surface area contributed by atoms with Crippen LogP contribution in [0.1, 0.15) is 5.56 Å². The summed E-state index contributed by atoms with van der Waals surface area (Å²) in [5.41, 5.74) is 1.10. The molecule has 0 unspecified atom stereocenters. The van der Waals surface area contributed by atoms with E-state index in [1.54, 1.807) is 24.3 Å². The quantitative estimate of drug-likeness (QED) is 0.588. The third-order valence-corrected chi connectivity index (χ3v) is 3.06. The van der Waals surface area contributed by atoms with Gasteiger partial charge in [0.05, 0.1) is 5.92 Å². The standard InChI is InChI=1S/C13H10O5/c14-8-3-1-2-7(4-8)5-9-10-6-17-13(16)11(10)18-12(9)15/h1-5,10-11,14H,6H2/b9-5-/t10-,11+/m0/s1. The number of phenols is 1. The van der Waals surface area contributed by atoms with Crippen LogP contribution in [0.3, 0.4) is 0 Å². The third-order valence-electron chi connectivity index (χ3n) is 3.06. The molecule has 3 rings (SSSR count). The molecule has 0 saturated carbocycles. The fourth-order valence-corrected chi connectivity index (χ4v) is 2.18. The minimum absolute atomic E-state index is 0.117. The zero-order valence-corrected chi connectivity index (χ0v) is 9.33. The Hall–Kier alpha value is -2.30. The summed E-state index contributed by atoms with van der Waals surface area (Å²) in [5, 5.41) is 9.36. The number of carbonyl (C=O) groups excluding carboxylic acids is 2. The number of aromatic hydroxyl groups is 1. The van der Waals surface area contributed by atoms with E-state index in [0.717, 1.165) is 0 Å². The van der Waals surface area contributed by atoms with E-state index in [4.69, 9.17) is 9.47 Å². The predicted molar refractivity (Wildman–Crippen MR) is 60.4 cm³/mol. The van der Waals surface area contributed by atoms with Gasteiger partial charge < -0.3 is 14.6 Å². The maximum absolute atomic E-state index is 11.7. The second-order valence-electron chi connectivity index (χ2n) is 4.26. The lowest BCUT2D eigenvalue weighted by Gasteiger charge is -2.01. The fourth-order valence-electron chi connectivity index (χ4n) is 2.18. The summed E-state index contributed by atoms with van der Waals surface area (Å²) in [6, 6.07) is 6.51. The van der Waals surface area contributed by atoms with Crippen molar-refractivity contribution in [3.8, 4) is 5.75 Å². The molecule has 2 atom stereocenters. The van der Waals surface area contributed by atoms with Crippen molar-refractivity contribution in [1.29, 1.82) is 0 Å². The summed E-state index contributed by atoms with van der Waals surface area (Å²) >= 11 is 0. The van der Waals surface area contributed by atoms with Crippen LogP contribution in [-0.4, -0.2) is 29.8 Å². The van der Waals surface area contributed by atoms with Gasteiger partial charge in [0.2, 0.25) is 6.10 Å². The molecule has 2 fully saturated rings. The highest BCUT2D eigenvalue weighted by molar-refractivity contribution is 6.01. The average molecular weight is 246 g/mol. The number of carbonyl (C=O) groups is 2. The molecular weight excluding hydrogens is 236 g/mol. The minimum Gasteiger partial charge on any atom is -0.508 e. The van der Waals surface area contributed by atoms with E-state index < -0.39 is 18.0 Å². The number of benzene rings is 1. The Morgan fingerprint density at radius 2 is 2.17 bits per heavy atom. The number of esters is 2. The molecule has 1 aromatic carbocycles. The number of phenolic OH excluding ortho intramolecular Hbond substituents is 1. The van der Waals surface area contributed by atoms with Crippen LogP contribution in [0.25, 0.3) is 6.08 Å². The van der Waals surface area contributed by atoms with Crippen molar-refractivity contribution in [2.24, 2.45) is 5.92 Å². The van der Waals surface area contributed by atoms with Crippen LogP contribution in [0.15, 0.2) is 29.8 Å². The number of rotatable bonds is 1. The Morgan fingerprint density at radius 3 is 2.94 bits per heavy atom. The zero-order valence-electron chi connectivity index (χ0n) is 9.33. The maximum atomic E-state index is 11.7. The Balaban J connectivity index is 1.96. The lowest BCUT2D eigenvalue weighted by Crippen LogP contribution is -2.18. The molecule has 0 spiro atoms. The van der Waals surface area contributed by atoms with Crippen LogP contribution in [0.4, 0.5) is 0 Å². The largest absolute Gasteiger partial charge is 0.508 e. The van der Waals surface area contributed by atoms with Gasteiger partial charge in [0, 0.05) is 5.57 Å². The third kappa shape index (κ3) is 1.64. The Kier molecular flexibility index (Phi) is 2.33. The molecule has 0 aliphatic carbocycles. The van der Waals surface area contributed by atoms with Crippen molar-refractivity contribution in [2.75, 3.05) is 6.61 Å². The van der Waals surface area contributed by atoms with E-state index in [1.165, 1.54) is 6.07 Å². The molecule has 2 aliphatic heterocycles. The van der Waals surface area contributed by atoms with Crippen molar-refractivity contribution in [1.82, 2.24) is 0 Å². The summed E-state index contributed by atoms with van der Waals surface area (Å²) in [6.45, 7) is 0.167. The van der Waals surface area contributed by atoms with Crippen LogP contribution in [-0.2, 0) is 19.1 Å². The summed E-state index contributed by atoms with van der Waals surface area (Å²) in [6.07, 6.45) is 0.815. The van der Waals surface area contributed by atoms with Crippen molar-refractivity contribution in [2.45, 2.75) is 6.10 Å². The van der Waals surface area contributed by atoms with E-state index in [-0.39, 0.29) is 18.3 Å². The Labute approximate surface area is 103 Å². The number of hydrogen-bond donors (Lipinski definition) is 1. The molecule has 18 heavy (non-hydrogen) atoms. The van der Waals surface area contributed by atoms with Crippen molar-refractivity contribution >= 4 is 18.0 Å². The second-order valence-corrected chi connectivity index (χ2v) is 4.26. The highest BCUT2D eigenvalue weighted by Crippen LogP contribution is 2.34. The summed E-state index contributed by atoms with van der Waals surface area (Å²) in [5.74, 6) is -1.21. The Morgan fingerprint density at radius 1 is 1.33 bits per heavy atom. The predicted octanol–water partition coefficient (Wildman–Crippen LogP) is 0.874. The topological polar surface area (TPSA) is 72.8 Å². The lowest BCUT2D eigenvalue weighted by atomic mass is 9.97. The SMILES string of the molecule is O=C1O[C@H]2C(=O)OC[C@H]2/C1=C/c1cccc(O)c1. The molecule has 2 saturated heterocycles. The van der Waals surface area contributed by atoms with E-state index in [0.29, 0.717) is 11.1 Å². The highest BCUT2D eigenvalue weighted by atomic mass is 16.6. The molecule has 92 valence electrons. The van der Waals surface area contributed by atoms with Gasteiger partial charge in [-0.05, 0) is 23.8 Å². The zero-order chi connectivity index (χ0) is 12.7. The van der Waals surface area contributed by atoms with Crippen molar-refractivity contribution in [3.05, 3.63) is 35.4 Å². The minimum atomic E-state index is -0.805. The van der Waals surface area contributed by atoms with Gasteiger partial charge in [-0.1, -0.05) is 12.1 Å². The molecule has 0 bridgehead atoms. The van der Waals surface area contributed by atoms with Gasteiger partial charge >= 0.3 is 11.9 Å². The average Bonchev–Trinajstić information content (AvgIpc) is 2.82. The summed E-state index contributed by atoms with van der Waals surface area (Å²) in [7, 11) is 0. The van der Waals surface area contributed by atoms with Crippen LogP contribution < -0.4 is 0 Å². The van der Waals surface area contributed by atoms with Crippen LogP contribution in [0, 0.1) is 5.92 Å². The molecule has 0 amide bonds. The number of cyclic esters (lactones) is 1. The van der Waals surface area contributed by atoms with Crippen LogP contribution in [0.2, 0.25) is 0 Å². The molecule has 1 aromatic rings. The highest BCUT2D eigenvalue weighted by Gasteiger charge is 2.50. The molecular formula is C13H10O5. The molecule has 0 radical (unpaired) electrons. The van der Waals surface area contributed by atoms with Gasteiger partial charge in [0.15, 0.2) is 0 Å². The molecule has 0 aromatic heterocycles. The number of ether oxygens (including phenoxy) is 2. The molecule has 5 heteroatoms. The molecule has 5 nitrogen and oxygen atoms in total. The van der Waals surface area contributed by atoms with E-state index in [1.807, 2.05) is 0 Å². The lowest BCUT2D eigenvalue weighted by molar-refractivity contribution is -0.154. The van der Waals surface area contributed by atoms with Gasteiger partial charge in [-0.15, -0.1) is 0 Å². The first-order valence-electron chi connectivity index (χ1n) is 5.53. The molecule has 2 aliphatic rings. The van der Waals surface area contributed by atoms with Gasteiger partial charge in [0.1, 0.15) is 12.4 Å². The monoisotopic (exact) mass is 246 g/mol. The Bertz CT molecular complexity index is 560.